The summed E-state index contributed by atoms with van der Waals surface area (Å²) in [5.74, 6) is -0.362. The van der Waals surface area contributed by atoms with Crippen LogP contribution in [-0.4, -0.2) is 34.2 Å². The average molecular weight is 305 g/mol. The summed E-state index contributed by atoms with van der Waals surface area (Å²) in [5, 5.41) is -0.00983. The van der Waals surface area contributed by atoms with Crippen molar-refractivity contribution < 1.29 is 8.78 Å². The van der Waals surface area contributed by atoms with E-state index in [9.17, 15) is 8.78 Å². The van der Waals surface area contributed by atoms with E-state index in [4.69, 9.17) is 23.2 Å². The molecule has 1 atom stereocenters. The monoisotopic (exact) mass is 304 g/mol. The maximum absolute atomic E-state index is 13.9. The molecule has 2 aromatic heterocycles. The molecule has 0 radical (unpaired) electrons. The molecule has 0 saturated carbocycles. The molecule has 0 bridgehead atoms. The van der Waals surface area contributed by atoms with E-state index in [1.54, 1.807) is 4.90 Å². The molecule has 19 heavy (non-hydrogen) atoms. The van der Waals surface area contributed by atoms with Crippen molar-refractivity contribution in [2.75, 3.05) is 18.0 Å². The van der Waals surface area contributed by atoms with Gasteiger partial charge in [-0.1, -0.05) is 11.6 Å². The topological polar surface area (TPSA) is 41.9 Å². The minimum absolute atomic E-state index is 0.00249. The zero-order chi connectivity index (χ0) is 13.6. The van der Waals surface area contributed by atoms with Crippen molar-refractivity contribution in [2.24, 2.45) is 0 Å². The second-order valence-electron chi connectivity index (χ2n) is 4.27. The number of hydrogen-bond acceptors (Lipinski definition) is 4. The first-order valence-corrected chi connectivity index (χ1v) is 6.38. The number of hydrogen-bond donors (Lipinski definition) is 0. The van der Waals surface area contributed by atoms with Gasteiger partial charge in [0.05, 0.1) is 11.9 Å². The van der Waals surface area contributed by atoms with Gasteiger partial charge in [0.25, 0.3) is 0 Å². The first-order chi connectivity index (χ1) is 9.06. The van der Waals surface area contributed by atoms with E-state index in [0.717, 1.165) is 0 Å². The standard InChI is InChI=1S/C11H8Cl2F2N4/c12-9-7(15)8-6(3-16-9)10(18-11(13)17-8)19-2-1-5(14)4-19/h3,5H,1-2,4H2/t5-/m0/s1. The lowest BCUT2D eigenvalue weighted by atomic mass is 10.3. The van der Waals surface area contributed by atoms with Gasteiger partial charge in [-0.2, -0.15) is 4.98 Å². The van der Waals surface area contributed by atoms with Gasteiger partial charge in [0, 0.05) is 12.7 Å². The summed E-state index contributed by atoms with van der Waals surface area (Å²) in [6.07, 6.45) is 0.860. The number of alkyl halides is 1. The normalized spacial score (nSPS) is 19.4. The fourth-order valence-electron chi connectivity index (χ4n) is 2.14. The number of nitrogens with zero attached hydrogens (tertiary/aromatic N) is 4. The van der Waals surface area contributed by atoms with Crippen LogP contribution >= 0.6 is 23.2 Å². The van der Waals surface area contributed by atoms with E-state index in [1.807, 2.05) is 0 Å². The van der Waals surface area contributed by atoms with Gasteiger partial charge in [0.1, 0.15) is 17.5 Å². The van der Waals surface area contributed by atoms with E-state index in [-0.39, 0.29) is 22.5 Å². The maximum Gasteiger partial charge on any atom is 0.225 e. The molecule has 3 heterocycles. The van der Waals surface area contributed by atoms with E-state index < -0.39 is 12.0 Å². The fraction of sp³-hybridized carbons (Fsp3) is 0.364. The maximum atomic E-state index is 13.9. The number of pyridine rings is 1. The van der Waals surface area contributed by atoms with Gasteiger partial charge in [0.15, 0.2) is 11.0 Å². The molecule has 3 rings (SSSR count). The zero-order valence-electron chi connectivity index (χ0n) is 9.58. The predicted octanol–water partition coefficient (Wildman–Crippen LogP) is 3.02. The summed E-state index contributed by atoms with van der Waals surface area (Å²) in [5.41, 5.74) is -0.00249. The van der Waals surface area contributed by atoms with Crippen LogP contribution in [0.4, 0.5) is 14.6 Å². The van der Waals surface area contributed by atoms with Crippen LogP contribution in [-0.2, 0) is 0 Å². The number of halogens is 4. The predicted molar refractivity (Wildman–Crippen MR) is 69.0 cm³/mol. The quantitative estimate of drug-likeness (QED) is 0.600. The second kappa shape index (κ2) is 4.68. The van der Waals surface area contributed by atoms with Crippen LogP contribution in [0.2, 0.25) is 10.4 Å². The van der Waals surface area contributed by atoms with E-state index >= 15 is 0 Å². The van der Waals surface area contributed by atoms with E-state index in [1.165, 1.54) is 6.20 Å². The van der Waals surface area contributed by atoms with E-state index in [2.05, 4.69) is 15.0 Å². The van der Waals surface area contributed by atoms with Gasteiger partial charge in [-0.25, -0.2) is 18.7 Å². The summed E-state index contributed by atoms with van der Waals surface area (Å²) in [6, 6.07) is 0. The Labute approximate surface area is 117 Å². The molecular weight excluding hydrogens is 297 g/mol. The van der Waals surface area contributed by atoms with Gasteiger partial charge < -0.3 is 4.90 Å². The Kier molecular flexibility index (Phi) is 3.14. The van der Waals surface area contributed by atoms with Crippen molar-refractivity contribution in [1.82, 2.24) is 15.0 Å². The van der Waals surface area contributed by atoms with Crippen molar-refractivity contribution >= 4 is 39.9 Å². The van der Waals surface area contributed by atoms with Gasteiger partial charge in [0.2, 0.25) is 5.28 Å². The van der Waals surface area contributed by atoms with Crippen LogP contribution in [0.15, 0.2) is 6.20 Å². The Hall–Kier alpha value is -1.27. The number of anilines is 1. The number of aromatic nitrogens is 3. The first-order valence-electron chi connectivity index (χ1n) is 5.62. The van der Waals surface area contributed by atoms with Crippen molar-refractivity contribution in [1.29, 1.82) is 0 Å². The highest BCUT2D eigenvalue weighted by Gasteiger charge is 2.26. The second-order valence-corrected chi connectivity index (χ2v) is 4.97. The van der Waals surface area contributed by atoms with Crippen LogP contribution in [0.25, 0.3) is 10.9 Å². The molecular formula is C11H8Cl2F2N4. The molecule has 1 aliphatic heterocycles. The lowest BCUT2D eigenvalue weighted by molar-refractivity contribution is 0.364. The minimum atomic E-state index is -0.922. The summed E-state index contributed by atoms with van der Waals surface area (Å²) in [7, 11) is 0. The summed E-state index contributed by atoms with van der Waals surface area (Å²) >= 11 is 11.4. The number of rotatable bonds is 1. The SMILES string of the molecule is Fc1c(Cl)ncc2c(N3CC[C@H](F)C3)nc(Cl)nc12. The molecule has 0 aromatic carbocycles. The van der Waals surface area contributed by atoms with Crippen molar-refractivity contribution in [3.8, 4) is 0 Å². The molecule has 0 unspecified atom stereocenters. The average Bonchev–Trinajstić information content (AvgIpc) is 2.80. The third-order valence-corrected chi connectivity index (χ3v) is 3.46. The van der Waals surface area contributed by atoms with Crippen molar-refractivity contribution in [2.45, 2.75) is 12.6 Å². The summed E-state index contributed by atoms with van der Waals surface area (Å²) in [4.78, 5) is 13.3. The van der Waals surface area contributed by atoms with Gasteiger partial charge >= 0.3 is 0 Å². The minimum Gasteiger partial charge on any atom is -0.353 e. The Morgan fingerprint density at radius 3 is 2.79 bits per heavy atom. The molecule has 0 N–H and O–H groups in total. The highest BCUT2D eigenvalue weighted by molar-refractivity contribution is 6.30. The first kappa shape index (κ1) is 12.7. The summed E-state index contributed by atoms with van der Waals surface area (Å²) in [6.45, 7) is 0.695. The summed E-state index contributed by atoms with van der Waals surface area (Å²) < 4.78 is 27.2. The molecule has 0 aliphatic carbocycles. The number of fused-ring (bicyclic) bond motifs is 1. The zero-order valence-corrected chi connectivity index (χ0v) is 11.1. The Balaban J connectivity index is 2.21. The molecule has 1 fully saturated rings. The molecule has 4 nitrogen and oxygen atoms in total. The molecule has 1 aliphatic rings. The van der Waals surface area contributed by atoms with Gasteiger partial charge in [-0.05, 0) is 18.0 Å². The van der Waals surface area contributed by atoms with Crippen molar-refractivity contribution in [3.63, 3.8) is 0 Å². The molecule has 1 saturated heterocycles. The molecule has 2 aromatic rings. The van der Waals surface area contributed by atoms with Gasteiger partial charge in [-0.15, -0.1) is 0 Å². The lowest BCUT2D eigenvalue weighted by Crippen LogP contribution is -2.22. The fourth-order valence-corrected chi connectivity index (χ4v) is 2.45. The van der Waals surface area contributed by atoms with Crippen LogP contribution in [0.1, 0.15) is 6.42 Å². The van der Waals surface area contributed by atoms with Crippen LogP contribution in [0.5, 0.6) is 0 Å². The molecule has 0 spiro atoms. The Morgan fingerprint density at radius 1 is 1.32 bits per heavy atom. The lowest BCUT2D eigenvalue weighted by Gasteiger charge is -2.18. The highest BCUT2D eigenvalue weighted by Crippen LogP contribution is 2.31. The largest absolute Gasteiger partial charge is 0.353 e. The Morgan fingerprint density at radius 2 is 2.11 bits per heavy atom. The Bertz CT molecular complexity index is 652. The van der Waals surface area contributed by atoms with E-state index in [0.29, 0.717) is 24.2 Å². The van der Waals surface area contributed by atoms with Crippen LogP contribution < -0.4 is 4.90 Å². The molecule has 100 valence electrons. The van der Waals surface area contributed by atoms with Gasteiger partial charge in [-0.3, -0.25) is 0 Å². The van der Waals surface area contributed by atoms with Crippen LogP contribution in [0.3, 0.4) is 0 Å². The van der Waals surface area contributed by atoms with Crippen LogP contribution in [0, 0.1) is 5.82 Å². The molecule has 8 heteroatoms. The molecule has 0 amide bonds. The smallest absolute Gasteiger partial charge is 0.225 e. The highest BCUT2D eigenvalue weighted by atomic mass is 35.5. The third-order valence-electron chi connectivity index (χ3n) is 3.02. The third kappa shape index (κ3) is 2.19. The van der Waals surface area contributed by atoms with Crippen molar-refractivity contribution in [3.05, 3.63) is 22.5 Å².